The largest absolute Gasteiger partial charge is 0.506 e. The molecule has 2 aromatic rings. The molecule has 1 amide bonds. The van der Waals surface area contributed by atoms with Gasteiger partial charge in [-0.3, -0.25) is 23.5 Å². The monoisotopic (exact) mass is 482 g/mol. The number of carbonyl (C=O) groups excluding carboxylic acids is 1. The van der Waals surface area contributed by atoms with Crippen molar-refractivity contribution in [3.63, 3.8) is 0 Å². The lowest BCUT2D eigenvalue weighted by molar-refractivity contribution is -0.135. The van der Waals surface area contributed by atoms with Crippen LogP contribution >= 0.6 is 10.6 Å². The molecule has 1 aliphatic heterocycles. The van der Waals surface area contributed by atoms with Gasteiger partial charge in [-0.25, -0.2) is 0 Å². The second kappa shape index (κ2) is 8.01. The van der Waals surface area contributed by atoms with Crippen LogP contribution in [-0.4, -0.2) is 42.3 Å². The van der Waals surface area contributed by atoms with Crippen LogP contribution in [-0.2, 0) is 22.8 Å². The number of pyridine rings is 1. The third kappa shape index (κ3) is 3.65. The van der Waals surface area contributed by atoms with Crippen LogP contribution in [0.3, 0.4) is 0 Å². The number of nitrogens with zero attached hydrogens (tertiary/aromatic N) is 1. The third-order valence-corrected chi connectivity index (χ3v) is 7.82. The van der Waals surface area contributed by atoms with Crippen LogP contribution in [0.2, 0.25) is 0 Å². The van der Waals surface area contributed by atoms with E-state index in [1.54, 1.807) is 0 Å². The standard InChI is InChI=1S/C24H22N2O7S/c27-20(28)9-25-23(30)21-22(29)18-11-34(32,33)12-19(18)26(24(21)31)10-17-14-6-7-15(16(17)8-14)13-4-2-1-3-5-13/h1-8,17,29,32-33H,9-12H2,(H,25,30)(H,27,28). The number of aromatic nitrogens is 1. The van der Waals surface area contributed by atoms with Crippen LogP contribution in [0.15, 0.2) is 64.5 Å². The highest BCUT2D eigenvalue weighted by atomic mass is 32.3. The number of nitrogens with one attached hydrogen (secondary N) is 1. The smallest absolute Gasteiger partial charge is 0.322 e. The first-order valence-corrected chi connectivity index (χ1v) is 12.4. The molecule has 2 bridgehead atoms. The summed E-state index contributed by atoms with van der Waals surface area (Å²) in [6, 6.07) is 9.79. The minimum Gasteiger partial charge on any atom is -0.506 e. The molecule has 5 N–H and O–H groups in total. The fourth-order valence-corrected chi connectivity index (χ4v) is 6.34. The van der Waals surface area contributed by atoms with Crippen LogP contribution < -0.4 is 10.9 Å². The molecule has 176 valence electrons. The van der Waals surface area contributed by atoms with Crippen LogP contribution in [0.1, 0.15) is 27.2 Å². The molecule has 2 heterocycles. The number of carboxylic acid groups (broad SMARTS) is 1. The maximum Gasteiger partial charge on any atom is 0.322 e. The molecule has 2 aliphatic carbocycles. The summed E-state index contributed by atoms with van der Waals surface area (Å²) in [4.78, 5) is 36.8. The molecule has 0 saturated heterocycles. The topological polar surface area (TPSA) is 149 Å². The lowest BCUT2D eigenvalue weighted by Crippen LogP contribution is -2.39. The van der Waals surface area contributed by atoms with E-state index in [0.717, 1.165) is 22.3 Å². The molecule has 0 spiro atoms. The maximum absolute atomic E-state index is 13.4. The Balaban J connectivity index is 1.54. The van der Waals surface area contributed by atoms with Gasteiger partial charge in [-0.2, -0.15) is 10.6 Å². The van der Waals surface area contributed by atoms with Gasteiger partial charge in [0.25, 0.3) is 11.5 Å². The lowest BCUT2D eigenvalue weighted by atomic mass is 9.70. The first-order chi connectivity index (χ1) is 16.2. The summed E-state index contributed by atoms with van der Waals surface area (Å²) >= 11 is 0. The average Bonchev–Trinajstić information content (AvgIpc) is 3.13. The lowest BCUT2D eigenvalue weighted by Gasteiger charge is -2.36. The van der Waals surface area contributed by atoms with Gasteiger partial charge in [0.05, 0.1) is 11.5 Å². The summed E-state index contributed by atoms with van der Waals surface area (Å²) in [6.45, 7) is -0.574. The Morgan fingerprint density at radius 2 is 1.85 bits per heavy atom. The zero-order valence-corrected chi connectivity index (χ0v) is 18.7. The minimum absolute atomic E-state index is 0.131. The summed E-state index contributed by atoms with van der Waals surface area (Å²) in [5.41, 5.74) is 3.10. The van der Waals surface area contributed by atoms with Crippen molar-refractivity contribution >= 4 is 28.0 Å². The number of carboxylic acids is 1. The molecule has 9 nitrogen and oxygen atoms in total. The van der Waals surface area contributed by atoms with E-state index in [1.807, 2.05) is 48.6 Å². The molecular formula is C24H22N2O7S. The molecule has 5 rings (SSSR count). The van der Waals surface area contributed by atoms with Gasteiger partial charge in [0.2, 0.25) is 0 Å². The molecule has 0 saturated carbocycles. The summed E-state index contributed by atoms with van der Waals surface area (Å²) in [7, 11) is -3.12. The average molecular weight is 483 g/mol. The van der Waals surface area contributed by atoms with Gasteiger partial charge in [0, 0.05) is 23.7 Å². The summed E-state index contributed by atoms with van der Waals surface area (Å²) in [5, 5.41) is 21.6. The second-order valence-corrected chi connectivity index (χ2v) is 10.7. The Kier molecular flexibility index (Phi) is 5.23. The van der Waals surface area contributed by atoms with Gasteiger partial charge in [0.15, 0.2) is 0 Å². The van der Waals surface area contributed by atoms with Crippen LogP contribution in [0.25, 0.3) is 5.57 Å². The number of carbonyl (C=O) groups is 2. The predicted octanol–water partition coefficient (Wildman–Crippen LogP) is 2.71. The Hall–Kier alpha value is -3.60. The summed E-state index contributed by atoms with van der Waals surface area (Å²) in [6.07, 6.45) is 6.02. The van der Waals surface area contributed by atoms with Crippen LogP contribution in [0.5, 0.6) is 5.75 Å². The predicted molar refractivity (Wildman–Crippen MR) is 127 cm³/mol. The number of fused-ring (bicyclic) bond motifs is 3. The third-order valence-electron chi connectivity index (χ3n) is 6.33. The van der Waals surface area contributed by atoms with Crippen molar-refractivity contribution in [3.05, 3.63) is 92.4 Å². The highest BCUT2D eigenvalue weighted by Crippen LogP contribution is 2.55. The number of allylic oxidation sites excluding steroid dienone is 6. The minimum atomic E-state index is -3.12. The quantitative estimate of drug-likeness (QED) is 0.425. The van der Waals surface area contributed by atoms with Crippen molar-refractivity contribution in [3.8, 4) is 5.75 Å². The van der Waals surface area contributed by atoms with Crippen LogP contribution in [0.4, 0.5) is 0 Å². The summed E-state index contributed by atoms with van der Waals surface area (Å²) < 4.78 is 22.0. The number of hydrogen-bond acceptors (Lipinski definition) is 6. The molecule has 1 aromatic carbocycles. The number of aromatic hydroxyl groups is 1. The highest BCUT2D eigenvalue weighted by Gasteiger charge is 2.38. The first-order valence-electron chi connectivity index (χ1n) is 10.6. The van der Waals surface area contributed by atoms with Gasteiger partial charge < -0.3 is 20.1 Å². The fraction of sp³-hybridized carbons (Fsp3) is 0.208. The Morgan fingerprint density at radius 3 is 2.53 bits per heavy atom. The Labute approximate surface area is 195 Å². The number of benzene rings is 1. The molecule has 1 atom stereocenters. The molecular weight excluding hydrogens is 460 g/mol. The number of aliphatic carboxylic acids is 1. The van der Waals surface area contributed by atoms with E-state index in [-0.39, 0.29) is 35.2 Å². The van der Waals surface area contributed by atoms with Crippen molar-refractivity contribution < 1.29 is 28.9 Å². The van der Waals surface area contributed by atoms with Gasteiger partial charge >= 0.3 is 5.97 Å². The van der Waals surface area contributed by atoms with E-state index >= 15 is 0 Å². The molecule has 10 heteroatoms. The van der Waals surface area contributed by atoms with E-state index in [2.05, 4.69) is 5.32 Å². The molecule has 3 aliphatic rings. The van der Waals surface area contributed by atoms with E-state index in [9.17, 15) is 28.6 Å². The molecule has 34 heavy (non-hydrogen) atoms. The van der Waals surface area contributed by atoms with Crippen molar-refractivity contribution in [2.24, 2.45) is 5.92 Å². The SMILES string of the molecule is O=C(O)CNC(=O)c1c(O)c2c(n(CC3c4ccc(-c5ccccc5)c3c4)c1=O)CS(O)(O)C2. The van der Waals surface area contributed by atoms with E-state index < -0.39 is 45.9 Å². The zero-order chi connectivity index (χ0) is 24.2. The Morgan fingerprint density at radius 1 is 1.12 bits per heavy atom. The zero-order valence-electron chi connectivity index (χ0n) is 17.9. The Bertz CT molecular complexity index is 1380. The molecule has 0 fully saturated rings. The summed E-state index contributed by atoms with van der Waals surface area (Å²) in [5.74, 6) is -3.59. The second-order valence-electron chi connectivity index (χ2n) is 8.50. The van der Waals surface area contributed by atoms with Crippen molar-refractivity contribution in [1.82, 2.24) is 9.88 Å². The number of rotatable bonds is 6. The molecule has 1 aromatic heterocycles. The van der Waals surface area contributed by atoms with E-state index in [1.165, 1.54) is 4.57 Å². The first kappa shape index (κ1) is 22.2. The number of amides is 1. The van der Waals surface area contributed by atoms with E-state index in [0.29, 0.717) is 0 Å². The molecule has 1 unspecified atom stereocenters. The number of hydrogen-bond donors (Lipinski definition) is 5. The highest BCUT2D eigenvalue weighted by molar-refractivity contribution is 8.23. The van der Waals surface area contributed by atoms with Gasteiger partial charge in [-0.1, -0.05) is 48.6 Å². The fourth-order valence-electron chi connectivity index (χ4n) is 4.71. The normalized spacial score (nSPS) is 20.3. The van der Waals surface area contributed by atoms with E-state index in [4.69, 9.17) is 5.11 Å². The van der Waals surface area contributed by atoms with Gasteiger partial charge in [0.1, 0.15) is 17.9 Å². The van der Waals surface area contributed by atoms with Crippen molar-refractivity contribution in [1.29, 1.82) is 0 Å². The van der Waals surface area contributed by atoms with Gasteiger partial charge in [-0.05, 0) is 22.3 Å². The van der Waals surface area contributed by atoms with Crippen LogP contribution in [0, 0.1) is 5.92 Å². The van der Waals surface area contributed by atoms with Gasteiger partial charge in [-0.15, -0.1) is 0 Å². The maximum atomic E-state index is 13.4. The van der Waals surface area contributed by atoms with Crippen molar-refractivity contribution in [2.45, 2.75) is 18.1 Å². The van der Waals surface area contributed by atoms with Crippen molar-refractivity contribution in [2.75, 3.05) is 6.54 Å². The molecule has 0 radical (unpaired) electrons.